The van der Waals surface area contributed by atoms with Crippen LogP contribution in [0.1, 0.15) is 51.5 Å². The SMILES string of the molecule is CCOc1cncc(C2(O)CCC(CC)CC2)c1. The second-order valence-corrected chi connectivity index (χ2v) is 5.23. The van der Waals surface area contributed by atoms with Crippen molar-refractivity contribution in [1.29, 1.82) is 0 Å². The van der Waals surface area contributed by atoms with Crippen molar-refractivity contribution in [3.63, 3.8) is 0 Å². The van der Waals surface area contributed by atoms with Crippen molar-refractivity contribution in [2.75, 3.05) is 6.61 Å². The molecule has 0 saturated heterocycles. The van der Waals surface area contributed by atoms with Gasteiger partial charge in [-0.05, 0) is 44.6 Å². The fourth-order valence-electron chi connectivity index (χ4n) is 2.77. The zero-order chi connectivity index (χ0) is 13.0. The molecule has 0 bridgehead atoms. The average molecular weight is 249 g/mol. The minimum absolute atomic E-state index is 0.626. The molecule has 1 fully saturated rings. The molecule has 0 spiro atoms. The minimum atomic E-state index is -0.703. The molecule has 1 aromatic rings. The highest BCUT2D eigenvalue weighted by Crippen LogP contribution is 2.40. The fraction of sp³-hybridized carbons (Fsp3) is 0.667. The molecule has 0 atom stereocenters. The molecule has 0 radical (unpaired) electrons. The summed E-state index contributed by atoms with van der Waals surface area (Å²) in [5.74, 6) is 1.52. The van der Waals surface area contributed by atoms with Gasteiger partial charge >= 0.3 is 0 Å². The maximum atomic E-state index is 10.8. The van der Waals surface area contributed by atoms with E-state index in [2.05, 4.69) is 11.9 Å². The van der Waals surface area contributed by atoms with Crippen LogP contribution in [-0.4, -0.2) is 16.7 Å². The summed E-state index contributed by atoms with van der Waals surface area (Å²) in [7, 11) is 0. The van der Waals surface area contributed by atoms with Gasteiger partial charge in [0.25, 0.3) is 0 Å². The Labute approximate surface area is 109 Å². The molecule has 2 rings (SSSR count). The number of hydrogen-bond donors (Lipinski definition) is 1. The minimum Gasteiger partial charge on any atom is -0.492 e. The number of rotatable bonds is 4. The highest BCUT2D eigenvalue weighted by molar-refractivity contribution is 5.28. The molecule has 0 amide bonds. The normalized spacial score (nSPS) is 28.1. The predicted octanol–water partition coefficient (Wildman–Crippen LogP) is 3.27. The Bertz CT molecular complexity index is 384. The van der Waals surface area contributed by atoms with Gasteiger partial charge in [-0.2, -0.15) is 0 Å². The Morgan fingerprint density at radius 1 is 1.33 bits per heavy atom. The molecule has 1 aliphatic carbocycles. The molecule has 0 aromatic carbocycles. The molecule has 0 aliphatic heterocycles. The number of nitrogens with zero attached hydrogens (tertiary/aromatic N) is 1. The first-order chi connectivity index (χ1) is 8.68. The molecule has 1 aromatic heterocycles. The van der Waals surface area contributed by atoms with Crippen molar-refractivity contribution in [3.8, 4) is 5.75 Å². The van der Waals surface area contributed by atoms with Crippen molar-refractivity contribution in [2.45, 2.75) is 51.6 Å². The van der Waals surface area contributed by atoms with Crippen LogP contribution in [0.3, 0.4) is 0 Å². The van der Waals surface area contributed by atoms with E-state index in [1.54, 1.807) is 12.4 Å². The smallest absolute Gasteiger partial charge is 0.137 e. The number of hydrogen-bond acceptors (Lipinski definition) is 3. The van der Waals surface area contributed by atoms with Gasteiger partial charge in [0, 0.05) is 11.8 Å². The maximum absolute atomic E-state index is 10.8. The molecular weight excluding hydrogens is 226 g/mol. The zero-order valence-electron chi connectivity index (χ0n) is 11.4. The van der Waals surface area contributed by atoms with Crippen LogP contribution >= 0.6 is 0 Å². The summed E-state index contributed by atoms with van der Waals surface area (Å²) in [4.78, 5) is 4.18. The summed E-state index contributed by atoms with van der Waals surface area (Å²) >= 11 is 0. The highest BCUT2D eigenvalue weighted by Gasteiger charge is 2.34. The summed E-state index contributed by atoms with van der Waals surface area (Å²) in [5, 5.41) is 10.8. The Morgan fingerprint density at radius 2 is 2.06 bits per heavy atom. The lowest BCUT2D eigenvalue weighted by molar-refractivity contribution is -0.0150. The van der Waals surface area contributed by atoms with Crippen LogP contribution in [0.4, 0.5) is 0 Å². The maximum Gasteiger partial charge on any atom is 0.137 e. The Kier molecular flexibility index (Phi) is 4.23. The number of aliphatic hydroxyl groups is 1. The van der Waals surface area contributed by atoms with E-state index in [0.29, 0.717) is 6.61 Å². The Balaban J connectivity index is 2.12. The summed E-state index contributed by atoms with van der Waals surface area (Å²) in [5.41, 5.74) is 0.203. The predicted molar refractivity (Wildman–Crippen MR) is 71.6 cm³/mol. The molecular formula is C15H23NO2. The second-order valence-electron chi connectivity index (χ2n) is 5.23. The van der Waals surface area contributed by atoms with Gasteiger partial charge in [-0.15, -0.1) is 0 Å². The van der Waals surface area contributed by atoms with Gasteiger partial charge in [-0.1, -0.05) is 13.3 Å². The van der Waals surface area contributed by atoms with Crippen LogP contribution in [0, 0.1) is 5.92 Å². The third-order valence-corrected chi connectivity index (χ3v) is 4.07. The quantitative estimate of drug-likeness (QED) is 0.890. The number of aromatic nitrogens is 1. The van der Waals surface area contributed by atoms with E-state index in [0.717, 1.165) is 42.9 Å². The van der Waals surface area contributed by atoms with Crippen LogP contribution in [0.15, 0.2) is 18.5 Å². The van der Waals surface area contributed by atoms with Gasteiger partial charge in [0.2, 0.25) is 0 Å². The van der Waals surface area contributed by atoms with Gasteiger partial charge in [0.15, 0.2) is 0 Å². The van der Waals surface area contributed by atoms with Crippen molar-refractivity contribution in [2.24, 2.45) is 5.92 Å². The summed E-state index contributed by atoms with van der Waals surface area (Å²) < 4.78 is 5.45. The van der Waals surface area contributed by atoms with Crippen LogP contribution in [0.5, 0.6) is 5.75 Å². The lowest BCUT2D eigenvalue weighted by atomic mass is 9.75. The van der Waals surface area contributed by atoms with Crippen molar-refractivity contribution < 1.29 is 9.84 Å². The largest absolute Gasteiger partial charge is 0.492 e. The zero-order valence-corrected chi connectivity index (χ0v) is 11.4. The topological polar surface area (TPSA) is 42.4 Å². The van der Waals surface area contributed by atoms with E-state index in [1.807, 2.05) is 13.0 Å². The molecule has 1 saturated carbocycles. The number of pyridine rings is 1. The summed E-state index contributed by atoms with van der Waals surface area (Å²) in [6.07, 6.45) is 8.57. The van der Waals surface area contributed by atoms with E-state index in [1.165, 1.54) is 6.42 Å². The van der Waals surface area contributed by atoms with Crippen LogP contribution in [0.25, 0.3) is 0 Å². The average Bonchev–Trinajstić information content (AvgIpc) is 2.40. The van der Waals surface area contributed by atoms with E-state index in [9.17, 15) is 5.11 Å². The van der Waals surface area contributed by atoms with Gasteiger partial charge in [0.1, 0.15) is 5.75 Å². The molecule has 1 N–H and O–H groups in total. The number of ether oxygens (including phenoxy) is 1. The van der Waals surface area contributed by atoms with Gasteiger partial charge in [0.05, 0.1) is 18.4 Å². The summed E-state index contributed by atoms with van der Waals surface area (Å²) in [6.45, 7) is 4.81. The highest BCUT2D eigenvalue weighted by atomic mass is 16.5. The van der Waals surface area contributed by atoms with E-state index < -0.39 is 5.60 Å². The Hall–Kier alpha value is -1.09. The van der Waals surface area contributed by atoms with Crippen LogP contribution in [0.2, 0.25) is 0 Å². The standard InChI is InChI=1S/C15H23NO2/c1-3-12-5-7-15(17,8-6-12)13-9-14(18-4-2)11-16-10-13/h9-12,17H,3-8H2,1-2H3. The first-order valence-electron chi connectivity index (χ1n) is 6.98. The Morgan fingerprint density at radius 3 is 2.67 bits per heavy atom. The molecule has 1 aliphatic rings. The van der Waals surface area contributed by atoms with Crippen molar-refractivity contribution in [1.82, 2.24) is 4.98 Å². The fourth-order valence-corrected chi connectivity index (χ4v) is 2.77. The van der Waals surface area contributed by atoms with Gasteiger partial charge < -0.3 is 9.84 Å². The lowest BCUT2D eigenvalue weighted by Gasteiger charge is -2.36. The molecule has 1 heterocycles. The van der Waals surface area contributed by atoms with E-state index in [4.69, 9.17) is 4.74 Å². The molecule has 0 unspecified atom stereocenters. The van der Waals surface area contributed by atoms with E-state index >= 15 is 0 Å². The van der Waals surface area contributed by atoms with Gasteiger partial charge in [-0.3, -0.25) is 4.98 Å². The van der Waals surface area contributed by atoms with Crippen molar-refractivity contribution in [3.05, 3.63) is 24.0 Å². The molecule has 3 nitrogen and oxygen atoms in total. The van der Waals surface area contributed by atoms with Gasteiger partial charge in [-0.25, -0.2) is 0 Å². The van der Waals surface area contributed by atoms with Crippen LogP contribution in [-0.2, 0) is 5.60 Å². The third kappa shape index (κ3) is 2.83. The monoisotopic (exact) mass is 249 g/mol. The first-order valence-corrected chi connectivity index (χ1v) is 6.98. The van der Waals surface area contributed by atoms with Crippen molar-refractivity contribution >= 4 is 0 Å². The van der Waals surface area contributed by atoms with E-state index in [-0.39, 0.29) is 0 Å². The summed E-state index contributed by atoms with van der Waals surface area (Å²) in [6, 6.07) is 1.93. The molecule has 100 valence electrons. The first kappa shape index (κ1) is 13.3. The van der Waals surface area contributed by atoms with Crippen LogP contribution < -0.4 is 4.74 Å². The molecule has 18 heavy (non-hydrogen) atoms. The molecule has 3 heteroatoms. The second kappa shape index (κ2) is 5.70. The lowest BCUT2D eigenvalue weighted by Crippen LogP contribution is -2.31. The third-order valence-electron chi connectivity index (χ3n) is 4.07.